The molecule has 0 aromatic heterocycles. The van der Waals surface area contributed by atoms with Crippen LogP contribution < -0.4 is 0 Å². The van der Waals surface area contributed by atoms with Gasteiger partial charge in [0.05, 0.1) is 0 Å². The summed E-state index contributed by atoms with van der Waals surface area (Å²) in [7, 11) is 0. The Balaban J connectivity index is -0.000000194. The Bertz CT molecular complexity index is 533. The van der Waals surface area contributed by atoms with Gasteiger partial charge in [-0.25, -0.2) is 0 Å². The number of hydrogen-bond donors (Lipinski definition) is 0. The van der Waals surface area contributed by atoms with Crippen molar-refractivity contribution in [3.63, 3.8) is 0 Å². The van der Waals surface area contributed by atoms with Gasteiger partial charge in [0.25, 0.3) is 0 Å². The summed E-state index contributed by atoms with van der Waals surface area (Å²) in [5.41, 5.74) is 0. The van der Waals surface area contributed by atoms with Gasteiger partial charge in [0.1, 0.15) is 13.2 Å². The molecule has 0 rings (SSSR count). The first-order chi connectivity index (χ1) is 24.4. The van der Waals surface area contributed by atoms with Crippen molar-refractivity contribution in [2.75, 3.05) is 24.7 Å². The number of carbonyl (C=O) groups excluding carboxylic acids is 2. The summed E-state index contributed by atoms with van der Waals surface area (Å²) in [5, 5.41) is 0. The van der Waals surface area contributed by atoms with Gasteiger partial charge in [0.15, 0.2) is 0 Å². The van der Waals surface area contributed by atoms with Crippen LogP contribution in [0.15, 0.2) is 0 Å². The maximum absolute atomic E-state index is 11.1. The van der Waals surface area contributed by atoms with Gasteiger partial charge in [0, 0.05) is 48.3 Å². The van der Waals surface area contributed by atoms with E-state index in [-0.39, 0.29) is 35.8 Å². The minimum absolute atomic E-state index is 0. The Kier molecular flexibility index (Phi) is 74.3. The number of rotatable bonds is 34. The monoisotopic (exact) mass is 865 g/mol. The molecule has 0 spiro atoms. The molecule has 0 saturated carbocycles. The molecule has 304 valence electrons. The zero-order valence-corrected chi connectivity index (χ0v) is 39.3. The topological polar surface area (TPSA) is 52.6 Å². The molecule has 4 nitrogen and oxygen atoms in total. The Morgan fingerprint density at radius 1 is 0.392 bits per heavy atom. The molecule has 0 bridgehead atoms. The summed E-state index contributed by atoms with van der Waals surface area (Å²) >= 11 is 9.41. The van der Waals surface area contributed by atoms with E-state index in [2.05, 4.69) is 41.5 Å². The molecule has 51 heavy (non-hydrogen) atoms. The number of carbonyl (C=O) groups is 2. The second-order valence-electron chi connectivity index (χ2n) is 13.5. The summed E-state index contributed by atoms with van der Waals surface area (Å²) in [5.74, 6) is 0.836. The van der Waals surface area contributed by atoms with Gasteiger partial charge < -0.3 is 9.47 Å². The second-order valence-corrected chi connectivity index (χ2v) is 14.4. The first-order valence-corrected chi connectivity index (χ1v) is 22.7. The predicted molar refractivity (Wildman–Crippen MR) is 234 cm³/mol. The molecule has 0 aromatic rings. The van der Waals surface area contributed by atoms with Crippen LogP contribution in [0.3, 0.4) is 0 Å². The van der Waals surface area contributed by atoms with Gasteiger partial charge in [-0.2, -0.15) is 0 Å². The fraction of sp³-hybridized carbons (Fsp3) is 0.909. The van der Waals surface area contributed by atoms with Crippen LogP contribution in [-0.2, 0) is 19.1 Å². The summed E-state index contributed by atoms with van der Waals surface area (Å²) in [6, 6.07) is 0. The Morgan fingerprint density at radius 2 is 0.608 bits per heavy atom. The normalized spacial score (nSPS) is 10.0. The van der Waals surface area contributed by atoms with E-state index in [1.165, 1.54) is 154 Å². The van der Waals surface area contributed by atoms with Crippen molar-refractivity contribution in [1.29, 1.82) is 0 Å². The third kappa shape index (κ3) is 72.4. The quantitative estimate of drug-likeness (QED) is 0.0367. The molecule has 0 fully saturated rings. The van der Waals surface area contributed by atoms with Gasteiger partial charge >= 0.3 is 11.9 Å². The van der Waals surface area contributed by atoms with E-state index in [4.69, 9.17) is 34.7 Å². The van der Waals surface area contributed by atoms with Crippen molar-refractivity contribution >= 4 is 61.1 Å². The molecule has 8 radical (unpaired) electrons. The van der Waals surface area contributed by atoms with E-state index in [9.17, 15) is 9.59 Å². The van der Waals surface area contributed by atoms with Crippen molar-refractivity contribution in [1.82, 2.24) is 0 Å². The average molecular weight is 864 g/mol. The van der Waals surface area contributed by atoms with Crippen molar-refractivity contribution < 1.29 is 19.1 Å². The maximum Gasteiger partial charge on any atom is 0.305 e. The largest absolute Gasteiger partial charge is 0.465 e. The second kappa shape index (κ2) is 62.4. The molecule has 0 amide bonds. The smallest absolute Gasteiger partial charge is 0.305 e. The first kappa shape index (κ1) is 60.7. The zero-order valence-electron chi connectivity index (χ0n) is 34.8. The number of ether oxygens (including phenoxy) is 2. The zero-order chi connectivity index (χ0) is 38.0. The van der Waals surface area contributed by atoms with E-state index in [1.807, 2.05) is 0 Å². The Morgan fingerprint density at radius 3 is 0.824 bits per heavy atom. The Hall–Kier alpha value is 0.439. The minimum Gasteiger partial charge on any atom is -0.465 e. The molecule has 0 aliphatic rings. The first-order valence-electron chi connectivity index (χ1n) is 21.5. The van der Waals surface area contributed by atoms with Crippen molar-refractivity contribution in [3.8, 4) is 0 Å². The van der Waals surface area contributed by atoms with E-state index in [0.717, 1.165) is 38.5 Å². The van der Waals surface area contributed by atoms with E-state index in [0.29, 0.717) is 37.6 Å². The summed E-state index contributed by atoms with van der Waals surface area (Å²) in [6.45, 7) is 17.3. The minimum atomic E-state index is -0.0854. The SMILES string of the molecule is CCCCCCCCCCCC(=O)OCC[S].CCCCCCCCCCCC(=O)OCC[S].[CH2]CCCCCCC.[CH2]CCCCCCC.[Sn]. The molecule has 7 heteroatoms. The van der Waals surface area contributed by atoms with Gasteiger partial charge in [-0.1, -0.05) is 247 Å². The van der Waals surface area contributed by atoms with Crippen LogP contribution >= 0.6 is 25.3 Å². The fourth-order valence-electron chi connectivity index (χ4n) is 5.18. The molecule has 0 aliphatic carbocycles. The molecular formula is C44H88O4S2Sn. The molecule has 0 N–H and O–H groups in total. The predicted octanol–water partition coefficient (Wildman–Crippen LogP) is 15.3. The molecule has 0 heterocycles. The summed E-state index contributed by atoms with van der Waals surface area (Å²) in [4.78, 5) is 22.3. The third-order valence-corrected chi connectivity index (χ3v) is 8.70. The fourth-order valence-corrected chi connectivity index (χ4v) is 5.34. The van der Waals surface area contributed by atoms with Gasteiger partial charge in [-0.15, -0.1) is 0 Å². The Labute approximate surface area is 349 Å². The third-order valence-electron chi connectivity index (χ3n) is 8.37. The van der Waals surface area contributed by atoms with Crippen molar-refractivity contribution in [2.24, 2.45) is 0 Å². The van der Waals surface area contributed by atoms with Crippen molar-refractivity contribution in [2.45, 2.75) is 233 Å². The number of unbranched alkanes of at least 4 members (excludes halogenated alkanes) is 26. The standard InChI is InChI=1S/2C14H27O2S.2C8H17.Sn/c2*1-2-3-4-5-6-7-8-9-10-11-14(15)16-12-13-17;2*1-3-5-7-8-6-4-2;/h2*2-13H2,1H3;2*1,3-8H2,2H3;. The van der Waals surface area contributed by atoms with Crippen molar-refractivity contribution in [3.05, 3.63) is 13.8 Å². The van der Waals surface area contributed by atoms with Crippen LogP contribution in [0.1, 0.15) is 233 Å². The van der Waals surface area contributed by atoms with Crippen LogP contribution in [0.4, 0.5) is 0 Å². The molecule has 0 aliphatic heterocycles. The molecule has 0 aromatic carbocycles. The number of esters is 2. The van der Waals surface area contributed by atoms with E-state index in [1.54, 1.807) is 0 Å². The van der Waals surface area contributed by atoms with Crippen LogP contribution in [0.25, 0.3) is 0 Å². The van der Waals surface area contributed by atoms with E-state index < -0.39 is 0 Å². The van der Waals surface area contributed by atoms with Gasteiger partial charge in [-0.05, 0) is 12.8 Å². The van der Waals surface area contributed by atoms with Crippen LogP contribution in [0, 0.1) is 13.8 Å². The van der Waals surface area contributed by atoms with Crippen LogP contribution in [0.2, 0.25) is 0 Å². The van der Waals surface area contributed by atoms with Crippen LogP contribution in [-0.4, -0.2) is 60.6 Å². The molecular weight excluding hydrogens is 775 g/mol. The molecule has 0 atom stereocenters. The van der Waals surface area contributed by atoms with E-state index >= 15 is 0 Å². The van der Waals surface area contributed by atoms with Gasteiger partial charge in [0.2, 0.25) is 0 Å². The summed E-state index contributed by atoms with van der Waals surface area (Å²) < 4.78 is 9.84. The average Bonchev–Trinajstić information content (AvgIpc) is 3.13. The van der Waals surface area contributed by atoms with Gasteiger partial charge in [-0.3, -0.25) is 9.59 Å². The maximum atomic E-state index is 11.1. The summed E-state index contributed by atoms with van der Waals surface area (Å²) in [6.07, 6.45) is 40.0. The van der Waals surface area contributed by atoms with Crippen LogP contribution in [0.5, 0.6) is 0 Å². The molecule has 0 saturated heterocycles. The number of hydrogen-bond acceptors (Lipinski definition) is 4. The molecule has 0 unspecified atom stereocenters.